The number of nitrogens with zero attached hydrogens (tertiary/aromatic N) is 1. The summed E-state index contributed by atoms with van der Waals surface area (Å²) in [7, 11) is -3.69. The van der Waals surface area contributed by atoms with Crippen molar-refractivity contribution in [3.8, 4) is 0 Å². The molecule has 3 heterocycles. The van der Waals surface area contributed by atoms with Crippen LogP contribution in [0.1, 0.15) is 36.2 Å². The molecule has 1 N–H and O–H groups in total. The monoisotopic (exact) mass is 298 g/mol. The minimum absolute atomic E-state index is 0.0242. The minimum Gasteiger partial charge on any atom is -0.440 e. The van der Waals surface area contributed by atoms with E-state index in [1.54, 1.807) is 0 Å². The highest BCUT2D eigenvalue weighted by molar-refractivity contribution is 7.89. The molecule has 0 aliphatic carbocycles. The van der Waals surface area contributed by atoms with Gasteiger partial charge in [0, 0.05) is 18.6 Å². The molecule has 2 unspecified atom stereocenters. The first kappa shape index (κ1) is 13.8. The minimum atomic E-state index is -3.69. The van der Waals surface area contributed by atoms with Gasteiger partial charge < -0.3 is 4.42 Å². The Kier molecular flexibility index (Phi) is 3.66. The standard InChI is InChI=1S/C13H18N2O4S/c16-9-10-4-5-13(19-10)20(17,18)14-11-6-8-15-7-2-1-3-12(11)15/h4-5,9,11-12,14H,1-3,6-8H2. The van der Waals surface area contributed by atoms with Gasteiger partial charge in [0.1, 0.15) is 0 Å². The first-order chi connectivity index (χ1) is 9.60. The summed E-state index contributed by atoms with van der Waals surface area (Å²) < 4.78 is 32.2. The second-order valence-electron chi connectivity index (χ2n) is 5.39. The molecule has 1 aromatic rings. The fraction of sp³-hybridized carbons (Fsp3) is 0.615. The van der Waals surface area contributed by atoms with E-state index in [9.17, 15) is 13.2 Å². The van der Waals surface area contributed by atoms with Gasteiger partial charge in [0.2, 0.25) is 5.09 Å². The third kappa shape index (κ3) is 2.53. The summed E-state index contributed by atoms with van der Waals surface area (Å²) >= 11 is 0. The van der Waals surface area contributed by atoms with E-state index < -0.39 is 10.0 Å². The molecule has 2 aliphatic rings. The van der Waals surface area contributed by atoms with Crippen LogP contribution in [0, 0.1) is 0 Å². The van der Waals surface area contributed by atoms with E-state index in [1.165, 1.54) is 18.6 Å². The van der Waals surface area contributed by atoms with Crippen LogP contribution in [0.15, 0.2) is 21.6 Å². The Bertz CT molecular complexity index is 595. The van der Waals surface area contributed by atoms with Crippen molar-refractivity contribution < 1.29 is 17.6 Å². The summed E-state index contributed by atoms with van der Waals surface area (Å²) in [6.45, 7) is 1.99. The van der Waals surface area contributed by atoms with Gasteiger partial charge in [-0.3, -0.25) is 9.69 Å². The Morgan fingerprint density at radius 3 is 2.85 bits per heavy atom. The highest BCUT2D eigenvalue weighted by Crippen LogP contribution is 2.28. The van der Waals surface area contributed by atoms with E-state index in [2.05, 4.69) is 9.62 Å². The zero-order valence-corrected chi connectivity index (χ0v) is 11.9. The molecule has 0 aromatic carbocycles. The summed E-state index contributed by atoms with van der Waals surface area (Å²) in [6, 6.07) is 2.91. The largest absolute Gasteiger partial charge is 0.440 e. The molecule has 110 valence electrons. The Hall–Kier alpha value is -1.18. The molecule has 2 fully saturated rings. The molecule has 0 amide bonds. The number of piperidine rings is 1. The van der Waals surface area contributed by atoms with Crippen LogP contribution in [0.4, 0.5) is 0 Å². The second-order valence-corrected chi connectivity index (χ2v) is 7.04. The Morgan fingerprint density at radius 1 is 1.25 bits per heavy atom. The van der Waals surface area contributed by atoms with Crippen LogP contribution < -0.4 is 4.72 Å². The van der Waals surface area contributed by atoms with Crippen molar-refractivity contribution in [1.29, 1.82) is 0 Å². The van der Waals surface area contributed by atoms with Crippen LogP contribution in [0.25, 0.3) is 0 Å². The highest BCUT2D eigenvalue weighted by Gasteiger charge is 2.38. The molecule has 6 nitrogen and oxygen atoms in total. The van der Waals surface area contributed by atoms with Crippen LogP contribution in [0.2, 0.25) is 0 Å². The number of rotatable bonds is 4. The molecule has 3 rings (SSSR count). The van der Waals surface area contributed by atoms with E-state index in [0.717, 1.165) is 32.4 Å². The van der Waals surface area contributed by atoms with E-state index in [-0.39, 0.29) is 16.9 Å². The Morgan fingerprint density at radius 2 is 2.10 bits per heavy atom. The summed E-state index contributed by atoms with van der Waals surface area (Å²) in [4.78, 5) is 12.9. The van der Waals surface area contributed by atoms with E-state index in [0.29, 0.717) is 12.3 Å². The van der Waals surface area contributed by atoms with Crippen molar-refractivity contribution >= 4 is 16.3 Å². The van der Waals surface area contributed by atoms with Gasteiger partial charge in [-0.1, -0.05) is 6.42 Å². The van der Waals surface area contributed by atoms with Gasteiger partial charge in [-0.15, -0.1) is 0 Å². The lowest BCUT2D eigenvalue weighted by Crippen LogP contribution is -2.46. The maximum absolute atomic E-state index is 12.3. The molecule has 2 atom stereocenters. The third-order valence-electron chi connectivity index (χ3n) is 4.15. The fourth-order valence-electron chi connectivity index (χ4n) is 3.18. The van der Waals surface area contributed by atoms with Gasteiger partial charge in [-0.25, -0.2) is 13.1 Å². The number of aldehydes is 1. The maximum atomic E-state index is 12.3. The van der Waals surface area contributed by atoms with Crippen molar-refractivity contribution in [2.45, 2.75) is 42.9 Å². The zero-order chi connectivity index (χ0) is 14.2. The van der Waals surface area contributed by atoms with Crippen molar-refractivity contribution in [2.75, 3.05) is 13.1 Å². The van der Waals surface area contributed by atoms with E-state index in [1.807, 2.05) is 0 Å². The van der Waals surface area contributed by atoms with Crippen molar-refractivity contribution in [2.24, 2.45) is 0 Å². The molecule has 0 saturated carbocycles. The van der Waals surface area contributed by atoms with Crippen molar-refractivity contribution in [3.05, 3.63) is 17.9 Å². The van der Waals surface area contributed by atoms with Crippen molar-refractivity contribution in [3.63, 3.8) is 0 Å². The average molecular weight is 298 g/mol. The predicted molar refractivity (Wildman–Crippen MR) is 72.0 cm³/mol. The summed E-state index contributed by atoms with van der Waals surface area (Å²) in [5.74, 6) is 0.0242. The lowest BCUT2D eigenvalue weighted by Gasteiger charge is -2.32. The normalized spacial score (nSPS) is 27.4. The Balaban J connectivity index is 1.74. The molecule has 7 heteroatoms. The Labute approximate surface area is 118 Å². The van der Waals surface area contributed by atoms with Crippen LogP contribution in [-0.2, 0) is 10.0 Å². The summed E-state index contributed by atoms with van der Waals surface area (Å²) in [5.41, 5.74) is 0. The lowest BCUT2D eigenvalue weighted by molar-refractivity contribution is 0.109. The molecular formula is C13H18N2O4S. The quantitative estimate of drug-likeness (QED) is 0.839. The van der Waals surface area contributed by atoms with Gasteiger partial charge in [0.05, 0.1) is 0 Å². The lowest BCUT2D eigenvalue weighted by atomic mass is 10.00. The average Bonchev–Trinajstić information content (AvgIpc) is 3.06. The number of sulfonamides is 1. The number of hydrogen-bond acceptors (Lipinski definition) is 5. The van der Waals surface area contributed by atoms with Crippen molar-refractivity contribution in [1.82, 2.24) is 9.62 Å². The number of carbonyl (C=O) groups excluding carboxylic acids is 1. The number of fused-ring (bicyclic) bond motifs is 1. The van der Waals surface area contributed by atoms with Gasteiger partial charge in [0.25, 0.3) is 10.0 Å². The maximum Gasteiger partial charge on any atom is 0.274 e. The fourth-order valence-corrected chi connectivity index (χ4v) is 4.43. The van der Waals surface area contributed by atoms with E-state index in [4.69, 9.17) is 4.42 Å². The molecule has 2 saturated heterocycles. The molecule has 20 heavy (non-hydrogen) atoms. The topological polar surface area (TPSA) is 79.6 Å². The van der Waals surface area contributed by atoms with Gasteiger partial charge in [-0.05, 0) is 37.9 Å². The summed E-state index contributed by atoms with van der Waals surface area (Å²) in [6.07, 6.45) is 4.69. The summed E-state index contributed by atoms with van der Waals surface area (Å²) in [5, 5.41) is -0.186. The number of furan rings is 1. The highest BCUT2D eigenvalue weighted by atomic mass is 32.2. The van der Waals surface area contributed by atoms with E-state index >= 15 is 0 Å². The molecule has 0 radical (unpaired) electrons. The third-order valence-corrected chi connectivity index (χ3v) is 5.51. The molecule has 1 aromatic heterocycles. The smallest absolute Gasteiger partial charge is 0.274 e. The van der Waals surface area contributed by atoms with Crippen LogP contribution in [-0.4, -0.2) is 44.8 Å². The molecule has 0 bridgehead atoms. The zero-order valence-electron chi connectivity index (χ0n) is 11.1. The first-order valence-electron chi connectivity index (χ1n) is 6.91. The number of hydrogen-bond donors (Lipinski definition) is 1. The first-order valence-corrected chi connectivity index (χ1v) is 8.40. The SMILES string of the molecule is O=Cc1ccc(S(=O)(=O)NC2CCN3CCCCC23)o1. The number of carbonyl (C=O) groups is 1. The van der Waals surface area contributed by atoms with Gasteiger partial charge in [-0.2, -0.15) is 0 Å². The number of nitrogens with one attached hydrogen (secondary N) is 1. The predicted octanol–water partition coefficient (Wildman–Crippen LogP) is 0.997. The molecule has 2 aliphatic heterocycles. The van der Waals surface area contributed by atoms with Gasteiger partial charge >= 0.3 is 0 Å². The van der Waals surface area contributed by atoms with Gasteiger partial charge in [0.15, 0.2) is 12.0 Å². The second kappa shape index (κ2) is 5.31. The molecule has 0 spiro atoms. The van der Waals surface area contributed by atoms with Crippen LogP contribution >= 0.6 is 0 Å². The molecular weight excluding hydrogens is 280 g/mol. The van der Waals surface area contributed by atoms with Crippen LogP contribution in [0.3, 0.4) is 0 Å². The van der Waals surface area contributed by atoms with Crippen LogP contribution in [0.5, 0.6) is 0 Å².